The van der Waals surface area contributed by atoms with Crippen molar-refractivity contribution in [3.05, 3.63) is 53.2 Å². The Morgan fingerprint density at radius 3 is 2.75 bits per heavy atom. The molecule has 0 aliphatic rings. The second kappa shape index (κ2) is 4.96. The van der Waals surface area contributed by atoms with Crippen LogP contribution < -0.4 is 5.73 Å². The van der Waals surface area contributed by atoms with Gasteiger partial charge in [0.2, 0.25) is 5.95 Å². The average molecular weight is 266 g/mol. The van der Waals surface area contributed by atoms with Gasteiger partial charge in [0, 0.05) is 12.2 Å². The van der Waals surface area contributed by atoms with Gasteiger partial charge in [-0.15, -0.1) is 0 Å². The van der Waals surface area contributed by atoms with Crippen molar-refractivity contribution < 1.29 is 0 Å². The van der Waals surface area contributed by atoms with Crippen molar-refractivity contribution in [2.24, 2.45) is 0 Å². The lowest BCUT2D eigenvalue weighted by atomic mass is 10.1. The molecule has 0 atom stereocenters. The highest BCUT2D eigenvalue weighted by Crippen LogP contribution is 2.17. The van der Waals surface area contributed by atoms with Gasteiger partial charge in [-0.25, -0.2) is 9.97 Å². The Morgan fingerprint density at radius 1 is 1.10 bits per heavy atom. The molecular weight excluding hydrogens is 248 g/mol. The van der Waals surface area contributed by atoms with E-state index < -0.39 is 0 Å². The van der Waals surface area contributed by atoms with E-state index in [2.05, 4.69) is 41.2 Å². The third-order valence-corrected chi connectivity index (χ3v) is 3.47. The van der Waals surface area contributed by atoms with Crippen molar-refractivity contribution in [3.8, 4) is 0 Å². The number of pyridine rings is 1. The molecule has 0 spiro atoms. The van der Waals surface area contributed by atoms with Crippen LogP contribution in [0.15, 0.2) is 36.4 Å². The molecule has 0 radical (unpaired) electrons. The molecule has 0 fully saturated rings. The summed E-state index contributed by atoms with van der Waals surface area (Å²) in [4.78, 5) is 8.91. The van der Waals surface area contributed by atoms with Crippen LogP contribution in [-0.2, 0) is 13.0 Å². The second-order valence-corrected chi connectivity index (χ2v) is 5.16. The van der Waals surface area contributed by atoms with Crippen LogP contribution in [0.3, 0.4) is 0 Å². The van der Waals surface area contributed by atoms with E-state index in [0.29, 0.717) is 5.95 Å². The van der Waals surface area contributed by atoms with Crippen LogP contribution in [0.5, 0.6) is 0 Å². The number of imidazole rings is 1. The predicted molar refractivity (Wildman–Crippen MR) is 81.6 cm³/mol. The summed E-state index contributed by atoms with van der Waals surface area (Å²) >= 11 is 0. The second-order valence-electron chi connectivity index (χ2n) is 5.16. The number of rotatable bonds is 3. The number of anilines is 1. The standard InChI is InChI=1S/C16H18N4/c1-11-4-3-5-13(10-11)8-9-20-15-14(19-16(20)17)7-6-12(2)18-15/h3-7,10H,8-9H2,1-2H3,(H2,17,19). The van der Waals surface area contributed by atoms with Gasteiger partial charge in [0.1, 0.15) is 5.52 Å². The third kappa shape index (κ3) is 2.37. The number of aromatic nitrogens is 3. The summed E-state index contributed by atoms with van der Waals surface area (Å²) in [6.07, 6.45) is 0.924. The first-order valence-electron chi connectivity index (χ1n) is 6.78. The van der Waals surface area contributed by atoms with E-state index in [4.69, 9.17) is 5.73 Å². The molecule has 4 heteroatoms. The van der Waals surface area contributed by atoms with E-state index in [1.807, 2.05) is 23.6 Å². The van der Waals surface area contributed by atoms with Gasteiger partial charge in [-0.3, -0.25) is 4.57 Å². The van der Waals surface area contributed by atoms with Gasteiger partial charge in [0.05, 0.1) is 0 Å². The summed E-state index contributed by atoms with van der Waals surface area (Å²) in [7, 11) is 0. The molecule has 3 aromatic rings. The fourth-order valence-corrected chi connectivity index (χ4v) is 2.44. The number of nitrogen functional groups attached to an aromatic ring is 1. The molecule has 20 heavy (non-hydrogen) atoms. The molecule has 2 N–H and O–H groups in total. The molecule has 1 aromatic carbocycles. The van der Waals surface area contributed by atoms with Crippen LogP contribution in [0, 0.1) is 13.8 Å². The van der Waals surface area contributed by atoms with Crippen LogP contribution in [0.25, 0.3) is 11.2 Å². The first kappa shape index (κ1) is 12.7. The number of aryl methyl sites for hydroxylation is 4. The van der Waals surface area contributed by atoms with E-state index in [1.54, 1.807) is 0 Å². The molecule has 0 saturated carbocycles. The van der Waals surface area contributed by atoms with Gasteiger partial charge in [-0.05, 0) is 38.0 Å². The van der Waals surface area contributed by atoms with Gasteiger partial charge >= 0.3 is 0 Å². The highest BCUT2D eigenvalue weighted by atomic mass is 15.2. The monoisotopic (exact) mass is 266 g/mol. The number of hydrogen-bond acceptors (Lipinski definition) is 3. The molecule has 2 heterocycles. The molecule has 3 rings (SSSR count). The Labute approximate surface area is 118 Å². The first-order chi connectivity index (χ1) is 9.63. The van der Waals surface area contributed by atoms with Crippen molar-refractivity contribution in [3.63, 3.8) is 0 Å². The third-order valence-electron chi connectivity index (χ3n) is 3.47. The normalized spacial score (nSPS) is 11.1. The molecule has 4 nitrogen and oxygen atoms in total. The summed E-state index contributed by atoms with van der Waals surface area (Å²) in [5.74, 6) is 0.533. The molecule has 102 valence electrons. The predicted octanol–water partition coefficient (Wildman–Crippen LogP) is 2.87. The van der Waals surface area contributed by atoms with E-state index in [9.17, 15) is 0 Å². The molecule has 0 saturated heterocycles. The maximum Gasteiger partial charge on any atom is 0.202 e. The first-order valence-corrected chi connectivity index (χ1v) is 6.78. The van der Waals surface area contributed by atoms with Crippen molar-refractivity contribution in [1.82, 2.24) is 14.5 Å². The molecular formula is C16H18N4. The van der Waals surface area contributed by atoms with Crippen LogP contribution in [0.1, 0.15) is 16.8 Å². The van der Waals surface area contributed by atoms with E-state index in [0.717, 1.165) is 29.8 Å². The lowest BCUT2D eigenvalue weighted by molar-refractivity contribution is 0.718. The van der Waals surface area contributed by atoms with Crippen molar-refractivity contribution in [2.45, 2.75) is 26.8 Å². The van der Waals surface area contributed by atoms with Gasteiger partial charge in [-0.1, -0.05) is 29.8 Å². The molecule has 2 aromatic heterocycles. The van der Waals surface area contributed by atoms with Crippen LogP contribution in [0.2, 0.25) is 0 Å². The Balaban J connectivity index is 1.90. The van der Waals surface area contributed by atoms with Crippen molar-refractivity contribution >= 4 is 17.1 Å². The summed E-state index contributed by atoms with van der Waals surface area (Å²) < 4.78 is 1.99. The zero-order chi connectivity index (χ0) is 14.1. The smallest absolute Gasteiger partial charge is 0.202 e. The molecule has 0 aliphatic heterocycles. The molecule has 0 bridgehead atoms. The minimum absolute atomic E-state index is 0.533. The summed E-state index contributed by atoms with van der Waals surface area (Å²) in [6.45, 7) is 4.88. The zero-order valence-electron chi connectivity index (χ0n) is 11.8. The van der Waals surface area contributed by atoms with Crippen LogP contribution in [0.4, 0.5) is 5.95 Å². The minimum atomic E-state index is 0.533. The SMILES string of the molecule is Cc1cccc(CCn2c(N)nc3ccc(C)nc32)c1. The quantitative estimate of drug-likeness (QED) is 0.793. The largest absolute Gasteiger partial charge is 0.369 e. The van der Waals surface area contributed by atoms with Crippen LogP contribution >= 0.6 is 0 Å². The summed E-state index contributed by atoms with van der Waals surface area (Å²) in [5.41, 5.74) is 11.3. The van der Waals surface area contributed by atoms with Crippen molar-refractivity contribution in [1.29, 1.82) is 0 Å². The molecule has 0 unspecified atom stereocenters. The minimum Gasteiger partial charge on any atom is -0.369 e. The zero-order valence-corrected chi connectivity index (χ0v) is 11.8. The summed E-state index contributed by atoms with van der Waals surface area (Å²) in [6, 6.07) is 12.5. The van der Waals surface area contributed by atoms with Gasteiger partial charge in [0.15, 0.2) is 5.65 Å². The number of nitrogens with zero attached hydrogens (tertiary/aromatic N) is 3. The number of fused-ring (bicyclic) bond motifs is 1. The molecule has 0 amide bonds. The van der Waals surface area contributed by atoms with Gasteiger partial charge in [0.25, 0.3) is 0 Å². The maximum absolute atomic E-state index is 6.01. The van der Waals surface area contributed by atoms with Crippen LogP contribution in [-0.4, -0.2) is 14.5 Å². The number of benzene rings is 1. The summed E-state index contributed by atoms with van der Waals surface area (Å²) in [5, 5.41) is 0. The van der Waals surface area contributed by atoms with Gasteiger partial charge < -0.3 is 5.73 Å². The van der Waals surface area contributed by atoms with Crippen molar-refractivity contribution in [2.75, 3.05) is 5.73 Å². The number of hydrogen-bond donors (Lipinski definition) is 1. The fraction of sp³-hybridized carbons (Fsp3) is 0.250. The van der Waals surface area contributed by atoms with E-state index in [1.165, 1.54) is 11.1 Å². The highest BCUT2D eigenvalue weighted by Gasteiger charge is 2.09. The van der Waals surface area contributed by atoms with E-state index >= 15 is 0 Å². The fourth-order valence-electron chi connectivity index (χ4n) is 2.44. The maximum atomic E-state index is 6.01. The Hall–Kier alpha value is -2.36. The highest BCUT2D eigenvalue weighted by molar-refractivity contribution is 5.74. The number of nitrogens with two attached hydrogens (primary N) is 1. The topological polar surface area (TPSA) is 56.7 Å². The Bertz CT molecular complexity index is 758. The lowest BCUT2D eigenvalue weighted by Gasteiger charge is -2.07. The Kier molecular flexibility index (Phi) is 3.14. The average Bonchev–Trinajstić information content (AvgIpc) is 2.72. The molecule has 0 aliphatic carbocycles. The Morgan fingerprint density at radius 2 is 1.95 bits per heavy atom. The lowest BCUT2D eigenvalue weighted by Crippen LogP contribution is -2.06. The van der Waals surface area contributed by atoms with Gasteiger partial charge in [-0.2, -0.15) is 0 Å². The van der Waals surface area contributed by atoms with E-state index in [-0.39, 0.29) is 0 Å².